The number of rotatable bonds is 2. The Morgan fingerprint density at radius 2 is 2.13 bits per heavy atom. The third-order valence-electron chi connectivity index (χ3n) is 1.66. The fourth-order valence-electron chi connectivity index (χ4n) is 0.942. The molecule has 4 nitrogen and oxygen atoms in total. The third kappa shape index (κ3) is 2.95. The van der Waals surface area contributed by atoms with Gasteiger partial charge in [-0.1, -0.05) is 0 Å². The van der Waals surface area contributed by atoms with E-state index in [0.717, 1.165) is 0 Å². The highest BCUT2D eigenvalue weighted by Gasteiger charge is 2.10. The van der Waals surface area contributed by atoms with E-state index in [2.05, 4.69) is 10.1 Å². The summed E-state index contributed by atoms with van der Waals surface area (Å²) >= 11 is 1.96. The van der Waals surface area contributed by atoms with Gasteiger partial charge in [-0.2, -0.15) is 0 Å². The van der Waals surface area contributed by atoms with E-state index in [1.54, 1.807) is 0 Å². The number of amides is 1. The van der Waals surface area contributed by atoms with Gasteiger partial charge in [-0.25, -0.2) is 9.18 Å². The summed E-state index contributed by atoms with van der Waals surface area (Å²) < 4.78 is 23.1. The number of ether oxygens (including phenoxy) is 2. The molecule has 1 amide bonds. The van der Waals surface area contributed by atoms with Gasteiger partial charge in [0.05, 0.1) is 19.9 Å². The van der Waals surface area contributed by atoms with Crippen molar-refractivity contribution in [1.82, 2.24) is 0 Å². The number of anilines is 1. The van der Waals surface area contributed by atoms with Gasteiger partial charge in [0.25, 0.3) is 0 Å². The molecule has 0 saturated heterocycles. The highest BCUT2D eigenvalue weighted by molar-refractivity contribution is 14.1. The molecule has 0 aliphatic heterocycles. The molecule has 1 N–H and O–H groups in total. The third-order valence-corrected chi connectivity index (χ3v) is 2.56. The van der Waals surface area contributed by atoms with Gasteiger partial charge in [-0.3, -0.25) is 5.32 Å². The zero-order valence-corrected chi connectivity index (χ0v) is 10.3. The number of hydrogen-bond acceptors (Lipinski definition) is 3. The van der Waals surface area contributed by atoms with Crippen LogP contribution in [0.4, 0.5) is 14.9 Å². The monoisotopic (exact) mass is 325 g/mol. The second kappa shape index (κ2) is 5.15. The molecule has 0 heterocycles. The Morgan fingerprint density at radius 3 is 2.67 bits per heavy atom. The Bertz CT molecular complexity index is 384. The number of hydrogen-bond donors (Lipinski definition) is 1. The normalized spacial score (nSPS) is 9.60. The van der Waals surface area contributed by atoms with Crippen molar-refractivity contribution < 1.29 is 18.7 Å². The molecule has 0 aliphatic rings. The van der Waals surface area contributed by atoms with Crippen LogP contribution in [0.25, 0.3) is 0 Å². The van der Waals surface area contributed by atoms with Gasteiger partial charge < -0.3 is 9.47 Å². The Kier molecular flexibility index (Phi) is 4.13. The number of carbonyl (C=O) groups is 1. The van der Waals surface area contributed by atoms with Crippen LogP contribution in [0.1, 0.15) is 0 Å². The Morgan fingerprint density at radius 1 is 1.47 bits per heavy atom. The van der Waals surface area contributed by atoms with Crippen molar-refractivity contribution in [3.63, 3.8) is 0 Å². The Balaban J connectivity index is 3.00. The number of nitrogens with one attached hydrogen (secondary N) is 1. The van der Waals surface area contributed by atoms with E-state index in [0.29, 0.717) is 9.26 Å². The lowest BCUT2D eigenvalue weighted by molar-refractivity contribution is 0.187. The first kappa shape index (κ1) is 12.0. The van der Waals surface area contributed by atoms with Gasteiger partial charge in [-0.15, -0.1) is 0 Å². The first-order valence-electron chi connectivity index (χ1n) is 3.96. The maximum Gasteiger partial charge on any atom is 0.411 e. The van der Waals surface area contributed by atoms with Crippen LogP contribution in [-0.2, 0) is 4.74 Å². The van der Waals surface area contributed by atoms with Crippen molar-refractivity contribution in [3.8, 4) is 5.75 Å². The molecular weight excluding hydrogens is 316 g/mol. The summed E-state index contributed by atoms with van der Waals surface area (Å²) in [6.45, 7) is 0. The lowest BCUT2D eigenvalue weighted by atomic mass is 10.3. The maximum absolute atomic E-state index is 13.3. The van der Waals surface area contributed by atoms with Crippen LogP contribution in [0.3, 0.4) is 0 Å². The van der Waals surface area contributed by atoms with Crippen molar-refractivity contribution >= 4 is 34.4 Å². The zero-order valence-electron chi connectivity index (χ0n) is 8.14. The second-order valence-electron chi connectivity index (χ2n) is 2.58. The number of benzene rings is 1. The molecule has 6 heteroatoms. The molecule has 1 aromatic carbocycles. The minimum atomic E-state index is -0.641. The largest absolute Gasteiger partial charge is 0.494 e. The molecule has 0 radical (unpaired) electrons. The molecule has 0 fully saturated rings. The Labute approximate surface area is 99.9 Å². The van der Waals surface area contributed by atoms with Gasteiger partial charge in [0.15, 0.2) is 11.6 Å². The molecule has 0 saturated carbocycles. The van der Waals surface area contributed by atoms with Crippen LogP contribution in [-0.4, -0.2) is 20.3 Å². The molecule has 15 heavy (non-hydrogen) atoms. The van der Waals surface area contributed by atoms with Crippen molar-refractivity contribution in [2.45, 2.75) is 0 Å². The fraction of sp³-hybridized carbons (Fsp3) is 0.222. The molecular formula is C9H9FINO3. The molecule has 0 atom stereocenters. The number of carbonyl (C=O) groups excluding carboxylic acids is 1. The van der Waals surface area contributed by atoms with Crippen molar-refractivity contribution in [2.24, 2.45) is 0 Å². The lowest BCUT2D eigenvalue weighted by Crippen LogP contribution is -2.12. The first-order valence-corrected chi connectivity index (χ1v) is 5.04. The summed E-state index contributed by atoms with van der Waals surface area (Å²) in [5, 5.41) is 2.39. The van der Waals surface area contributed by atoms with Crippen molar-refractivity contribution in [1.29, 1.82) is 0 Å². The highest BCUT2D eigenvalue weighted by atomic mass is 127. The molecule has 1 aromatic rings. The van der Waals surface area contributed by atoms with E-state index >= 15 is 0 Å². The SMILES string of the molecule is COC(=O)Nc1cc(F)c(OC)cc1I. The smallest absolute Gasteiger partial charge is 0.411 e. The predicted octanol–water partition coefficient (Wildman–Crippen LogP) is 2.62. The lowest BCUT2D eigenvalue weighted by Gasteiger charge is -2.08. The van der Waals surface area contributed by atoms with Crippen LogP contribution in [0.2, 0.25) is 0 Å². The predicted molar refractivity (Wildman–Crippen MR) is 61.7 cm³/mol. The van der Waals surface area contributed by atoms with Gasteiger partial charge in [-0.05, 0) is 28.7 Å². The topological polar surface area (TPSA) is 47.6 Å². The summed E-state index contributed by atoms with van der Waals surface area (Å²) in [5.74, 6) is -0.404. The van der Waals surface area contributed by atoms with Crippen LogP contribution in [0.15, 0.2) is 12.1 Å². The van der Waals surface area contributed by atoms with Crippen molar-refractivity contribution in [3.05, 3.63) is 21.5 Å². The quantitative estimate of drug-likeness (QED) is 0.851. The molecule has 1 rings (SSSR count). The van der Waals surface area contributed by atoms with E-state index in [1.165, 1.54) is 26.4 Å². The van der Waals surface area contributed by atoms with Crippen LogP contribution in [0, 0.1) is 9.39 Å². The molecule has 0 bridgehead atoms. The fourth-order valence-corrected chi connectivity index (χ4v) is 1.52. The van der Waals surface area contributed by atoms with E-state index < -0.39 is 11.9 Å². The van der Waals surface area contributed by atoms with E-state index in [4.69, 9.17) is 4.74 Å². The minimum absolute atomic E-state index is 0.134. The summed E-state index contributed by atoms with van der Waals surface area (Å²) in [6, 6.07) is 2.67. The highest BCUT2D eigenvalue weighted by Crippen LogP contribution is 2.27. The van der Waals surface area contributed by atoms with Gasteiger partial charge in [0, 0.05) is 9.64 Å². The average Bonchev–Trinajstić information content (AvgIpc) is 2.22. The molecule has 0 spiro atoms. The first-order chi connectivity index (χ1) is 7.08. The van der Waals surface area contributed by atoms with Gasteiger partial charge >= 0.3 is 6.09 Å². The zero-order chi connectivity index (χ0) is 11.4. The molecule has 0 aromatic heterocycles. The van der Waals surface area contributed by atoms with Gasteiger partial charge in [0.2, 0.25) is 0 Å². The second-order valence-corrected chi connectivity index (χ2v) is 3.75. The molecule has 0 aliphatic carbocycles. The van der Waals surface area contributed by atoms with Gasteiger partial charge in [0.1, 0.15) is 0 Å². The summed E-state index contributed by atoms with van der Waals surface area (Å²) in [7, 11) is 2.62. The minimum Gasteiger partial charge on any atom is -0.494 e. The number of halogens is 2. The number of methoxy groups -OCH3 is 2. The average molecular weight is 325 g/mol. The Hall–Kier alpha value is -1.05. The summed E-state index contributed by atoms with van der Waals surface area (Å²) in [6.07, 6.45) is -0.641. The maximum atomic E-state index is 13.3. The van der Waals surface area contributed by atoms with E-state index in [-0.39, 0.29) is 5.75 Å². The van der Waals surface area contributed by atoms with Crippen LogP contribution < -0.4 is 10.1 Å². The van der Waals surface area contributed by atoms with E-state index in [9.17, 15) is 9.18 Å². The van der Waals surface area contributed by atoms with Crippen LogP contribution >= 0.6 is 22.6 Å². The standard InChI is InChI=1S/C9H9FINO3/c1-14-8-4-6(11)7(3-5(8)10)12-9(13)15-2/h3-4H,1-2H3,(H,12,13). The van der Waals surface area contributed by atoms with Crippen LogP contribution in [0.5, 0.6) is 5.75 Å². The van der Waals surface area contributed by atoms with E-state index in [1.807, 2.05) is 22.6 Å². The molecule has 82 valence electrons. The molecule has 0 unspecified atom stereocenters. The summed E-state index contributed by atoms with van der Waals surface area (Å²) in [4.78, 5) is 10.9. The summed E-state index contributed by atoms with van der Waals surface area (Å²) in [5.41, 5.74) is 0.348. The van der Waals surface area contributed by atoms with Crippen molar-refractivity contribution in [2.75, 3.05) is 19.5 Å².